The minimum absolute atomic E-state index is 0.288. The van der Waals surface area contributed by atoms with Crippen molar-refractivity contribution in [2.24, 2.45) is 0 Å². The summed E-state index contributed by atoms with van der Waals surface area (Å²) in [5.74, 6) is -0.843. The monoisotopic (exact) mass is 361 g/mol. The van der Waals surface area contributed by atoms with Gasteiger partial charge in [0.25, 0.3) is 0 Å². The van der Waals surface area contributed by atoms with Gasteiger partial charge in [0.05, 0.1) is 35.3 Å². The number of aromatic nitrogens is 1. The van der Waals surface area contributed by atoms with Crippen LogP contribution in [0.4, 0.5) is 0 Å². The lowest BCUT2D eigenvalue weighted by molar-refractivity contribution is -0.138. The Morgan fingerprint density at radius 3 is 2.78 bits per heavy atom. The Morgan fingerprint density at radius 1 is 1.30 bits per heavy atom. The molecule has 2 aromatic rings. The molecule has 0 saturated heterocycles. The Hall–Kier alpha value is -3.13. The molecule has 5 heteroatoms. The number of hydrogen-bond donors (Lipinski definition) is 1. The average molecular weight is 361 g/mol. The summed E-state index contributed by atoms with van der Waals surface area (Å²) in [6, 6.07) is 12.0. The second kappa shape index (κ2) is 8.05. The number of hydrogen-bond acceptors (Lipinski definition) is 5. The predicted octanol–water partition coefficient (Wildman–Crippen LogP) is 4.34. The number of fused-ring (bicyclic) bond motifs is 1. The number of carbonyl (C=O) groups excluding carboxylic acids is 1. The first kappa shape index (κ1) is 18.7. The number of pyridine rings is 1. The highest BCUT2D eigenvalue weighted by Gasteiger charge is 2.35. The summed E-state index contributed by atoms with van der Waals surface area (Å²) in [4.78, 5) is 17.3. The largest absolute Gasteiger partial charge is 0.463 e. The maximum atomic E-state index is 12.9. The Bertz CT molecular complexity index is 977. The molecule has 1 aromatic carbocycles. The maximum Gasteiger partial charge on any atom is 0.336 e. The molecule has 2 heterocycles. The molecule has 1 atom stereocenters. The van der Waals surface area contributed by atoms with E-state index in [0.29, 0.717) is 17.6 Å². The Kier molecular flexibility index (Phi) is 5.56. The van der Waals surface area contributed by atoms with E-state index >= 15 is 0 Å². The smallest absolute Gasteiger partial charge is 0.336 e. The molecule has 5 nitrogen and oxygen atoms in total. The topological polar surface area (TPSA) is 75.0 Å². The normalized spacial score (nSPS) is 16.9. The third-order valence-electron chi connectivity index (χ3n) is 4.75. The van der Waals surface area contributed by atoms with Crippen LogP contribution in [0.3, 0.4) is 0 Å². The van der Waals surface area contributed by atoms with E-state index in [2.05, 4.69) is 23.3 Å². The SMILES string of the molecule is CCCC1=C(C(=O)OCC)[C@H](c2ccnc3ccccc23)C(C#N)=C(C)N1. The van der Waals surface area contributed by atoms with Crippen molar-refractivity contribution in [3.63, 3.8) is 0 Å². The molecule has 0 bridgehead atoms. The van der Waals surface area contributed by atoms with E-state index in [9.17, 15) is 10.1 Å². The van der Waals surface area contributed by atoms with E-state index in [-0.39, 0.29) is 12.6 Å². The molecular formula is C22H23N3O2. The van der Waals surface area contributed by atoms with Gasteiger partial charge in [0, 0.05) is 23.0 Å². The van der Waals surface area contributed by atoms with Crippen molar-refractivity contribution < 1.29 is 9.53 Å². The van der Waals surface area contributed by atoms with E-state index in [0.717, 1.165) is 34.3 Å². The van der Waals surface area contributed by atoms with Crippen LogP contribution in [0, 0.1) is 11.3 Å². The predicted molar refractivity (Wildman–Crippen MR) is 104 cm³/mol. The number of allylic oxidation sites excluding steroid dienone is 3. The highest BCUT2D eigenvalue weighted by molar-refractivity contribution is 5.95. The molecular weight excluding hydrogens is 338 g/mol. The highest BCUT2D eigenvalue weighted by Crippen LogP contribution is 2.41. The lowest BCUT2D eigenvalue weighted by Crippen LogP contribution is -2.30. The molecule has 138 valence electrons. The van der Waals surface area contributed by atoms with Crippen LogP contribution in [0.5, 0.6) is 0 Å². The molecule has 0 spiro atoms. The number of rotatable bonds is 5. The zero-order valence-corrected chi connectivity index (χ0v) is 15.9. The number of ether oxygens (including phenoxy) is 1. The highest BCUT2D eigenvalue weighted by atomic mass is 16.5. The number of nitrogens with one attached hydrogen (secondary N) is 1. The van der Waals surface area contributed by atoms with Crippen molar-refractivity contribution in [1.82, 2.24) is 10.3 Å². The van der Waals surface area contributed by atoms with Gasteiger partial charge < -0.3 is 10.1 Å². The van der Waals surface area contributed by atoms with Crippen molar-refractivity contribution in [2.75, 3.05) is 6.61 Å². The second-order valence-corrected chi connectivity index (χ2v) is 6.49. The van der Waals surface area contributed by atoms with Gasteiger partial charge in [-0.3, -0.25) is 4.98 Å². The summed E-state index contributed by atoms with van der Waals surface area (Å²) >= 11 is 0. The van der Waals surface area contributed by atoms with Crippen molar-refractivity contribution in [3.05, 3.63) is 64.6 Å². The number of carbonyl (C=O) groups is 1. The Labute approximate surface area is 159 Å². The van der Waals surface area contributed by atoms with Crippen molar-refractivity contribution in [1.29, 1.82) is 5.26 Å². The minimum Gasteiger partial charge on any atom is -0.463 e. The van der Waals surface area contributed by atoms with E-state index in [1.165, 1.54) is 0 Å². The van der Waals surface area contributed by atoms with E-state index in [4.69, 9.17) is 4.74 Å². The van der Waals surface area contributed by atoms with Gasteiger partial charge in [-0.1, -0.05) is 31.5 Å². The Balaban J connectivity index is 2.30. The molecule has 0 aliphatic carbocycles. The number of benzene rings is 1. The van der Waals surface area contributed by atoms with Gasteiger partial charge in [-0.25, -0.2) is 4.79 Å². The fourth-order valence-corrected chi connectivity index (χ4v) is 3.62. The zero-order valence-electron chi connectivity index (χ0n) is 15.9. The molecule has 1 aliphatic rings. The fraction of sp³-hybridized carbons (Fsp3) is 0.318. The summed E-state index contributed by atoms with van der Waals surface area (Å²) < 4.78 is 5.37. The van der Waals surface area contributed by atoms with Gasteiger partial charge in [0.2, 0.25) is 0 Å². The molecule has 0 unspecified atom stereocenters. The number of esters is 1. The molecule has 0 fully saturated rings. The molecule has 1 aromatic heterocycles. The Morgan fingerprint density at radius 2 is 2.07 bits per heavy atom. The average Bonchev–Trinajstić information content (AvgIpc) is 2.67. The lowest BCUT2D eigenvalue weighted by atomic mass is 9.79. The number of nitriles is 1. The van der Waals surface area contributed by atoms with Crippen molar-refractivity contribution in [2.45, 2.75) is 39.5 Å². The van der Waals surface area contributed by atoms with Crippen molar-refractivity contribution in [3.8, 4) is 6.07 Å². The van der Waals surface area contributed by atoms with Crippen LogP contribution in [-0.4, -0.2) is 17.6 Å². The molecule has 3 rings (SSSR count). The minimum atomic E-state index is -0.468. The van der Waals surface area contributed by atoms with Gasteiger partial charge in [-0.15, -0.1) is 0 Å². The van der Waals surface area contributed by atoms with Gasteiger partial charge in [0.1, 0.15) is 0 Å². The number of dihydropyridines is 1. The van der Waals surface area contributed by atoms with Crippen LogP contribution >= 0.6 is 0 Å². The summed E-state index contributed by atoms with van der Waals surface area (Å²) in [6.45, 7) is 6.02. The summed E-state index contributed by atoms with van der Waals surface area (Å²) in [5.41, 5.74) is 4.41. The fourth-order valence-electron chi connectivity index (χ4n) is 3.62. The third-order valence-corrected chi connectivity index (χ3v) is 4.75. The van der Waals surface area contributed by atoms with Crippen LogP contribution < -0.4 is 5.32 Å². The quantitative estimate of drug-likeness (QED) is 0.802. The zero-order chi connectivity index (χ0) is 19.4. The molecule has 0 saturated carbocycles. The van der Waals surface area contributed by atoms with Crippen molar-refractivity contribution >= 4 is 16.9 Å². The van der Waals surface area contributed by atoms with Crippen LogP contribution in [0.15, 0.2) is 59.1 Å². The van der Waals surface area contributed by atoms with Gasteiger partial charge in [-0.05, 0) is 38.0 Å². The van der Waals surface area contributed by atoms with E-state index < -0.39 is 5.92 Å². The summed E-state index contributed by atoms with van der Waals surface area (Å²) in [6.07, 6.45) is 3.32. The summed E-state index contributed by atoms with van der Waals surface area (Å²) in [5, 5.41) is 14.1. The first-order chi connectivity index (χ1) is 13.1. The summed E-state index contributed by atoms with van der Waals surface area (Å²) in [7, 11) is 0. The van der Waals surface area contributed by atoms with Gasteiger partial charge >= 0.3 is 5.97 Å². The molecule has 0 radical (unpaired) electrons. The van der Waals surface area contributed by atoms with E-state index in [1.807, 2.05) is 37.3 Å². The first-order valence-electron chi connectivity index (χ1n) is 9.24. The van der Waals surface area contributed by atoms with E-state index in [1.54, 1.807) is 13.1 Å². The molecule has 1 N–H and O–H groups in total. The molecule has 27 heavy (non-hydrogen) atoms. The van der Waals surface area contributed by atoms with Crippen LogP contribution in [0.1, 0.15) is 45.1 Å². The van der Waals surface area contributed by atoms with Gasteiger partial charge in [-0.2, -0.15) is 5.26 Å². The maximum absolute atomic E-state index is 12.9. The number of para-hydroxylation sites is 1. The lowest BCUT2D eigenvalue weighted by Gasteiger charge is -2.30. The third kappa shape index (κ3) is 3.43. The number of nitrogens with zero attached hydrogens (tertiary/aromatic N) is 2. The van der Waals surface area contributed by atoms with Crippen LogP contribution in [-0.2, 0) is 9.53 Å². The van der Waals surface area contributed by atoms with Gasteiger partial charge in [0.15, 0.2) is 0 Å². The second-order valence-electron chi connectivity index (χ2n) is 6.49. The molecule has 0 amide bonds. The molecule has 1 aliphatic heterocycles. The van der Waals surface area contributed by atoms with Crippen LogP contribution in [0.2, 0.25) is 0 Å². The first-order valence-corrected chi connectivity index (χ1v) is 9.24. The standard InChI is InChI=1S/C22H23N3O2/c1-4-8-19-21(22(26)27-5-2)20(17(13-23)14(3)25-19)16-11-12-24-18-10-7-6-9-15(16)18/h6-7,9-12,20,25H,4-5,8H2,1-3H3/t20-/m1/s1. The van der Waals surface area contributed by atoms with Crippen LogP contribution in [0.25, 0.3) is 10.9 Å².